The van der Waals surface area contributed by atoms with E-state index in [1.165, 1.54) is 25.3 Å². The normalized spacial score (nSPS) is 11.9. The van der Waals surface area contributed by atoms with Crippen LogP contribution in [0.25, 0.3) is 0 Å². The van der Waals surface area contributed by atoms with Gasteiger partial charge in [0.2, 0.25) is 10.0 Å². The highest BCUT2D eigenvalue weighted by atomic mass is 35.5. The van der Waals surface area contributed by atoms with Crippen LogP contribution in [0.3, 0.4) is 0 Å². The Morgan fingerprint density at radius 1 is 1.17 bits per heavy atom. The fourth-order valence-corrected chi connectivity index (χ4v) is 3.90. The van der Waals surface area contributed by atoms with Crippen molar-refractivity contribution in [2.75, 3.05) is 19.0 Å². The third-order valence-corrected chi connectivity index (χ3v) is 5.51. The molecule has 0 bridgehead atoms. The molecule has 158 valence electrons. The second-order valence-corrected chi connectivity index (χ2v) is 8.08. The van der Waals surface area contributed by atoms with Gasteiger partial charge >= 0.3 is 6.18 Å². The van der Waals surface area contributed by atoms with E-state index in [0.717, 1.165) is 12.1 Å². The molecule has 0 saturated carbocycles. The van der Waals surface area contributed by atoms with Crippen molar-refractivity contribution in [3.05, 3.63) is 52.5 Å². The molecule has 0 atom stereocenters. The van der Waals surface area contributed by atoms with Crippen LogP contribution < -0.4 is 14.8 Å². The molecule has 0 heterocycles. The van der Waals surface area contributed by atoms with Crippen molar-refractivity contribution in [2.45, 2.75) is 24.4 Å². The van der Waals surface area contributed by atoms with E-state index in [1.54, 1.807) is 6.92 Å². The van der Waals surface area contributed by atoms with Crippen LogP contribution >= 0.6 is 11.6 Å². The van der Waals surface area contributed by atoms with Crippen LogP contribution in [0, 0.1) is 0 Å². The molecular formula is C18H18ClF3N2O4S. The van der Waals surface area contributed by atoms with E-state index in [1.807, 2.05) is 0 Å². The maximum Gasteiger partial charge on any atom is 0.418 e. The van der Waals surface area contributed by atoms with Gasteiger partial charge in [-0.2, -0.15) is 13.2 Å². The molecule has 2 aromatic carbocycles. The minimum absolute atomic E-state index is 0.00683. The lowest BCUT2D eigenvalue weighted by atomic mass is 10.1. The maximum atomic E-state index is 13.2. The molecule has 11 heteroatoms. The smallest absolute Gasteiger partial charge is 0.418 e. The first-order chi connectivity index (χ1) is 13.5. The molecule has 2 N–H and O–H groups in total. The monoisotopic (exact) mass is 450 g/mol. The van der Waals surface area contributed by atoms with Gasteiger partial charge in [-0.15, -0.1) is 0 Å². The predicted octanol–water partition coefficient (Wildman–Crippen LogP) is 4.31. The Labute approximate surface area is 171 Å². The van der Waals surface area contributed by atoms with Crippen LogP contribution in [0.1, 0.15) is 29.3 Å². The lowest BCUT2D eigenvalue weighted by molar-refractivity contribution is -0.136. The molecule has 0 aromatic heterocycles. The fraction of sp³-hybridized carbons (Fsp3) is 0.278. The van der Waals surface area contributed by atoms with Crippen molar-refractivity contribution in [1.82, 2.24) is 4.72 Å². The quantitative estimate of drug-likeness (QED) is 0.658. The highest BCUT2D eigenvalue weighted by Crippen LogP contribution is 2.36. The SMILES string of the molecule is CCCNS(=O)(=O)c1cc(C(=O)Nc2ccc(Cl)cc2C(F)(F)F)ccc1OC. The Kier molecular flexibility index (Phi) is 7.15. The minimum Gasteiger partial charge on any atom is -0.495 e. The third kappa shape index (κ3) is 5.62. The van der Waals surface area contributed by atoms with Gasteiger partial charge in [0.05, 0.1) is 18.4 Å². The van der Waals surface area contributed by atoms with Crippen molar-refractivity contribution in [2.24, 2.45) is 0 Å². The average Bonchev–Trinajstić information content (AvgIpc) is 2.66. The lowest BCUT2D eigenvalue weighted by Gasteiger charge is -2.15. The number of rotatable bonds is 7. The summed E-state index contributed by atoms with van der Waals surface area (Å²) in [5, 5.41) is 2.00. The standard InChI is InChI=1S/C18H18ClF3N2O4S/c1-3-8-23-29(26,27)16-9-11(4-7-15(16)28-2)17(25)24-14-6-5-12(19)10-13(14)18(20,21)22/h4-7,9-10,23H,3,8H2,1-2H3,(H,24,25). The zero-order valence-corrected chi connectivity index (χ0v) is 17.0. The number of carbonyl (C=O) groups excluding carboxylic acids is 1. The van der Waals surface area contributed by atoms with Gasteiger partial charge in [-0.3, -0.25) is 4.79 Å². The van der Waals surface area contributed by atoms with E-state index in [9.17, 15) is 26.4 Å². The number of hydrogen-bond donors (Lipinski definition) is 2. The first kappa shape index (κ1) is 23.0. The van der Waals surface area contributed by atoms with Gasteiger partial charge in [0.25, 0.3) is 5.91 Å². The lowest BCUT2D eigenvalue weighted by Crippen LogP contribution is -2.25. The molecule has 2 rings (SSSR count). The highest BCUT2D eigenvalue weighted by molar-refractivity contribution is 7.89. The van der Waals surface area contributed by atoms with E-state index in [-0.39, 0.29) is 27.8 Å². The summed E-state index contributed by atoms with van der Waals surface area (Å²) in [6.07, 6.45) is -4.20. The Bertz CT molecular complexity index is 1010. The summed E-state index contributed by atoms with van der Waals surface area (Å²) in [7, 11) is -2.72. The Morgan fingerprint density at radius 2 is 1.86 bits per heavy atom. The van der Waals surface area contributed by atoms with Crippen molar-refractivity contribution in [3.63, 3.8) is 0 Å². The number of nitrogens with one attached hydrogen (secondary N) is 2. The average molecular weight is 451 g/mol. The number of carbonyl (C=O) groups is 1. The Hall–Kier alpha value is -2.30. The zero-order chi connectivity index (χ0) is 21.8. The third-order valence-electron chi connectivity index (χ3n) is 3.79. The molecule has 0 spiro atoms. The summed E-state index contributed by atoms with van der Waals surface area (Å²) in [5.41, 5.74) is -1.79. The molecule has 6 nitrogen and oxygen atoms in total. The van der Waals surface area contributed by atoms with Crippen LogP contribution in [-0.2, 0) is 16.2 Å². The van der Waals surface area contributed by atoms with Crippen molar-refractivity contribution in [3.8, 4) is 5.75 Å². The predicted molar refractivity (Wildman–Crippen MR) is 103 cm³/mol. The van der Waals surface area contributed by atoms with Crippen LogP contribution in [0.15, 0.2) is 41.3 Å². The second kappa shape index (κ2) is 9.02. The summed E-state index contributed by atoms with van der Waals surface area (Å²) >= 11 is 5.62. The summed E-state index contributed by atoms with van der Waals surface area (Å²) < 4.78 is 71.9. The molecule has 0 aliphatic rings. The fourth-order valence-electron chi connectivity index (χ4n) is 2.40. The molecule has 0 saturated heterocycles. The van der Waals surface area contributed by atoms with Crippen LogP contribution in [0.4, 0.5) is 18.9 Å². The molecule has 0 unspecified atom stereocenters. The van der Waals surface area contributed by atoms with E-state index in [0.29, 0.717) is 12.5 Å². The molecule has 29 heavy (non-hydrogen) atoms. The van der Waals surface area contributed by atoms with Gasteiger partial charge in [-0.05, 0) is 42.8 Å². The number of hydrogen-bond acceptors (Lipinski definition) is 4. The summed E-state index contributed by atoms with van der Waals surface area (Å²) in [5.74, 6) is -0.931. The van der Waals surface area contributed by atoms with E-state index in [2.05, 4.69) is 10.0 Å². The maximum absolute atomic E-state index is 13.2. The molecule has 1 amide bonds. The molecule has 2 aromatic rings. The summed E-state index contributed by atoms with van der Waals surface area (Å²) in [6, 6.07) is 6.45. The molecular weight excluding hydrogens is 433 g/mol. The van der Waals surface area contributed by atoms with Crippen LogP contribution in [0.2, 0.25) is 5.02 Å². The Morgan fingerprint density at radius 3 is 2.45 bits per heavy atom. The first-order valence-electron chi connectivity index (χ1n) is 8.35. The number of ether oxygens (including phenoxy) is 1. The molecule has 0 fully saturated rings. The van der Waals surface area contributed by atoms with Crippen molar-refractivity contribution < 1.29 is 31.1 Å². The number of sulfonamides is 1. The van der Waals surface area contributed by atoms with Gasteiger partial charge in [0.1, 0.15) is 10.6 Å². The minimum atomic E-state index is -4.74. The zero-order valence-electron chi connectivity index (χ0n) is 15.4. The van der Waals surface area contributed by atoms with Crippen LogP contribution in [-0.4, -0.2) is 28.0 Å². The Balaban J connectivity index is 2.42. The van der Waals surface area contributed by atoms with Crippen molar-refractivity contribution >= 4 is 33.2 Å². The molecule has 0 aliphatic carbocycles. The number of halogens is 4. The van der Waals surface area contributed by atoms with Gasteiger partial charge in [-0.1, -0.05) is 18.5 Å². The van der Waals surface area contributed by atoms with Gasteiger partial charge in [-0.25, -0.2) is 13.1 Å². The van der Waals surface area contributed by atoms with Gasteiger partial charge in [0.15, 0.2) is 0 Å². The highest BCUT2D eigenvalue weighted by Gasteiger charge is 2.34. The van der Waals surface area contributed by atoms with Gasteiger partial charge in [0, 0.05) is 17.1 Å². The summed E-state index contributed by atoms with van der Waals surface area (Å²) in [4.78, 5) is 12.2. The second-order valence-electron chi connectivity index (χ2n) is 5.91. The first-order valence-corrected chi connectivity index (χ1v) is 10.2. The van der Waals surface area contributed by atoms with E-state index in [4.69, 9.17) is 16.3 Å². The van der Waals surface area contributed by atoms with Crippen molar-refractivity contribution in [1.29, 1.82) is 0 Å². The van der Waals surface area contributed by atoms with Gasteiger partial charge < -0.3 is 10.1 Å². The number of methoxy groups -OCH3 is 1. The van der Waals surface area contributed by atoms with E-state index < -0.39 is 33.4 Å². The van der Waals surface area contributed by atoms with E-state index >= 15 is 0 Å². The summed E-state index contributed by atoms with van der Waals surface area (Å²) in [6.45, 7) is 1.94. The number of anilines is 1. The molecule has 0 radical (unpaired) electrons. The molecule has 0 aliphatic heterocycles. The van der Waals surface area contributed by atoms with Crippen LogP contribution in [0.5, 0.6) is 5.75 Å². The largest absolute Gasteiger partial charge is 0.495 e. The number of amides is 1. The number of benzene rings is 2. The topological polar surface area (TPSA) is 84.5 Å². The number of alkyl halides is 3.